The molecule has 0 saturated carbocycles. The first kappa shape index (κ1) is 14.7. The van der Waals surface area contributed by atoms with Crippen molar-refractivity contribution in [1.82, 2.24) is 0 Å². The van der Waals surface area contributed by atoms with E-state index in [1.54, 1.807) is 0 Å². The van der Waals surface area contributed by atoms with Crippen LogP contribution >= 0.6 is 15.9 Å². The summed E-state index contributed by atoms with van der Waals surface area (Å²) in [6, 6.07) is 8.57. The summed E-state index contributed by atoms with van der Waals surface area (Å²) in [5.41, 5.74) is 7.90. The van der Waals surface area contributed by atoms with Gasteiger partial charge in [0.1, 0.15) is 0 Å². The highest BCUT2D eigenvalue weighted by Gasteiger charge is 2.22. The van der Waals surface area contributed by atoms with Gasteiger partial charge in [0.2, 0.25) is 0 Å². The SMILES string of the molecule is CC(CC(N)Cc1ccccc1Br)C(C)(C)C. The van der Waals surface area contributed by atoms with Gasteiger partial charge in [0.05, 0.1) is 0 Å². The average Bonchev–Trinajstić information content (AvgIpc) is 2.20. The zero-order chi connectivity index (χ0) is 13.1. The monoisotopic (exact) mass is 297 g/mol. The van der Waals surface area contributed by atoms with Gasteiger partial charge in [-0.15, -0.1) is 0 Å². The summed E-state index contributed by atoms with van der Waals surface area (Å²) in [5.74, 6) is 0.639. The largest absolute Gasteiger partial charge is 0.327 e. The molecule has 0 fully saturated rings. The van der Waals surface area contributed by atoms with Gasteiger partial charge in [0.25, 0.3) is 0 Å². The van der Waals surface area contributed by atoms with Gasteiger partial charge >= 0.3 is 0 Å². The molecule has 17 heavy (non-hydrogen) atoms. The van der Waals surface area contributed by atoms with E-state index in [2.05, 4.69) is 61.8 Å². The van der Waals surface area contributed by atoms with Gasteiger partial charge in [-0.1, -0.05) is 61.8 Å². The number of halogens is 1. The Morgan fingerprint density at radius 2 is 1.82 bits per heavy atom. The van der Waals surface area contributed by atoms with Crippen LogP contribution in [0.4, 0.5) is 0 Å². The molecule has 0 aliphatic rings. The standard InChI is InChI=1S/C15H24BrN/c1-11(15(2,3)4)9-13(17)10-12-7-5-6-8-14(12)16/h5-8,11,13H,9-10,17H2,1-4H3. The molecule has 0 radical (unpaired) electrons. The highest BCUT2D eigenvalue weighted by atomic mass is 79.9. The maximum Gasteiger partial charge on any atom is 0.0207 e. The van der Waals surface area contributed by atoms with Crippen LogP contribution in [-0.2, 0) is 6.42 Å². The fourth-order valence-electron chi connectivity index (χ4n) is 1.84. The molecule has 2 unspecified atom stereocenters. The average molecular weight is 298 g/mol. The van der Waals surface area contributed by atoms with Crippen LogP contribution < -0.4 is 5.73 Å². The van der Waals surface area contributed by atoms with E-state index in [-0.39, 0.29) is 6.04 Å². The zero-order valence-electron chi connectivity index (χ0n) is 11.3. The van der Waals surface area contributed by atoms with Crippen molar-refractivity contribution in [2.45, 2.75) is 46.6 Å². The Morgan fingerprint density at radius 1 is 1.24 bits per heavy atom. The molecule has 1 aromatic rings. The van der Waals surface area contributed by atoms with Gasteiger partial charge in [-0.25, -0.2) is 0 Å². The smallest absolute Gasteiger partial charge is 0.0207 e. The molecular weight excluding hydrogens is 274 g/mol. The van der Waals surface area contributed by atoms with Crippen molar-refractivity contribution in [3.05, 3.63) is 34.3 Å². The first-order valence-corrected chi connectivity index (χ1v) is 7.09. The maximum atomic E-state index is 6.25. The summed E-state index contributed by atoms with van der Waals surface area (Å²) in [6.07, 6.45) is 2.02. The molecule has 2 atom stereocenters. The molecule has 0 spiro atoms. The summed E-state index contributed by atoms with van der Waals surface area (Å²) >= 11 is 3.57. The highest BCUT2D eigenvalue weighted by molar-refractivity contribution is 9.10. The Hall–Kier alpha value is -0.340. The summed E-state index contributed by atoms with van der Waals surface area (Å²) in [6.45, 7) is 9.13. The van der Waals surface area contributed by atoms with E-state index in [1.165, 1.54) is 10.0 Å². The van der Waals surface area contributed by atoms with Crippen molar-refractivity contribution in [3.8, 4) is 0 Å². The maximum absolute atomic E-state index is 6.25. The van der Waals surface area contributed by atoms with E-state index >= 15 is 0 Å². The van der Waals surface area contributed by atoms with E-state index in [0.29, 0.717) is 11.3 Å². The minimum absolute atomic E-state index is 0.239. The Labute approximate surface area is 114 Å². The van der Waals surface area contributed by atoms with Crippen molar-refractivity contribution in [1.29, 1.82) is 0 Å². The predicted molar refractivity (Wildman–Crippen MR) is 79.1 cm³/mol. The van der Waals surface area contributed by atoms with Crippen molar-refractivity contribution < 1.29 is 0 Å². The molecule has 0 aliphatic heterocycles. The van der Waals surface area contributed by atoms with E-state index in [1.807, 2.05) is 6.07 Å². The van der Waals surface area contributed by atoms with Gasteiger partial charge in [0.15, 0.2) is 0 Å². The number of hydrogen-bond donors (Lipinski definition) is 1. The van der Waals surface area contributed by atoms with Gasteiger partial charge in [-0.3, -0.25) is 0 Å². The number of nitrogens with two attached hydrogens (primary N) is 1. The summed E-state index contributed by atoms with van der Waals surface area (Å²) in [5, 5.41) is 0. The third kappa shape index (κ3) is 4.81. The van der Waals surface area contributed by atoms with E-state index in [4.69, 9.17) is 5.73 Å². The molecule has 1 aromatic carbocycles. The molecule has 2 N–H and O–H groups in total. The predicted octanol–water partition coefficient (Wildman–Crippen LogP) is 4.39. The van der Waals surface area contributed by atoms with E-state index in [9.17, 15) is 0 Å². The van der Waals surface area contributed by atoms with Crippen molar-refractivity contribution >= 4 is 15.9 Å². The Bertz CT molecular complexity index is 354. The van der Waals surface area contributed by atoms with Crippen LogP contribution in [0.25, 0.3) is 0 Å². The van der Waals surface area contributed by atoms with Crippen molar-refractivity contribution in [3.63, 3.8) is 0 Å². The van der Waals surface area contributed by atoms with Gasteiger partial charge < -0.3 is 5.73 Å². The first-order chi connectivity index (χ1) is 7.80. The lowest BCUT2D eigenvalue weighted by molar-refractivity contribution is 0.233. The topological polar surface area (TPSA) is 26.0 Å². The zero-order valence-corrected chi connectivity index (χ0v) is 12.9. The lowest BCUT2D eigenvalue weighted by Gasteiger charge is -2.29. The van der Waals surface area contributed by atoms with E-state index < -0.39 is 0 Å². The molecule has 0 aliphatic carbocycles. The van der Waals surface area contributed by atoms with Crippen molar-refractivity contribution in [2.24, 2.45) is 17.1 Å². The molecule has 0 saturated heterocycles. The quantitative estimate of drug-likeness (QED) is 0.876. The number of hydrogen-bond acceptors (Lipinski definition) is 1. The molecule has 96 valence electrons. The third-order valence-electron chi connectivity index (χ3n) is 3.57. The Morgan fingerprint density at radius 3 is 2.35 bits per heavy atom. The molecule has 2 heteroatoms. The van der Waals surface area contributed by atoms with Crippen LogP contribution in [-0.4, -0.2) is 6.04 Å². The second kappa shape index (κ2) is 6.01. The van der Waals surface area contributed by atoms with Crippen molar-refractivity contribution in [2.75, 3.05) is 0 Å². The van der Waals surface area contributed by atoms with Crippen LogP contribution in [0.3, 0.4) is 0 Å². The first-order valence-electron chi connectivity index (χ1n) is 6.29. The number of rotatable bonds is 4. The van der Waals surface area contributed by atoms with Crippen LogP contribution in [0.1, 0.15) is 39.7 Å². The minimum Gasteiger partial charge on any atom is -0.327 e. The van der Waals surface area contributed by atoms with Crippen LogP contribution in [0, 0.1) is 11.3 Å². The van der Waals surface area contributed by atoms with Crippen LogP contribution in [0.15, 0.2) is 28.7 Å². The summed E-state index contributed by atoms with van der Waals surface area (Å²) in [7, 11) is 0. The molecule has 0 heterocycles. The molecule has 0 bridgehead atoms. The summed E-state index contributed by atoms with van der Waals surface area (Å²) < 4.78 is 1.17. The molecule has 0 amide bonds. The molecule has 0 aromatic heterocycles. The molecule has 1 rings (SSSR count). The lowest BCUT2D eigenvalue weighted by atomic mass is 9.78. The normalized spacial score (nSPS) is 15.6. The Balaban J connectivity index is 2.56. The molecular formula is C15H24BrN. The minimum atomic E-state index is 0.239. The third-order valence-corrected chi connectivity index (χ3v) is 4.35. The lowest BCUT2D eigenvalue weighted by Crippen LogP contribution is -2.30. The summed E-state index contributed by atoms with van der Waals surface area (Å²) in [4.78, 5) is 0. The Kier molecular flexibility index (Phi) is 5.21. The highest BCUT2D eigenvalue weighted by Crippen LogP contribution is 2.29. The number of benzene rings is 1. The van der Waals surface area contributed by atoms with E-state index in [0.717, 1.165) is 12.8 Å². The second-order valence-corrected chi connectivity index (χ2v) is 6.91. The molecule has 1 nitrogen and oxygen atoms in total. The fraction of sp³-hybridized carbons (Fsp3) is 0.600. The van der Waals surface area contributed by atoms with Gasteiger partial charge in [-0.05, 0) is 35.8 Å². The van der Waals surface area contributed by atoms with Gasteiger partial charge in [0, 0.05) is 10.5 Å². The van der Waals surface area contributed by atoms with Crippen LogP contribution in [0.2, 0.25) is 0 Å². The van der Waals surface area contributed by atoms with Crippen LogP contribution in [0.5, 0.6) is 0 Å². The van der Waals surface area contributed by atoms with Gasteiger partial charge in [-0.2, -0.15) is 0 Å². The second-order valence-electron chi connectivity index (χ2n) is 6.06. The fourth-order valence-corrected chi connectivity index (χ4v) is 2.28.